The Balaban J connectivity index is 2.06. The van der Waals surface area contributed by atoms with E-state index in [0.29, 0.717) is 6.54 Å². The van der Waals surface area contributed by atoms with Gasteiger partial charge in [-0.25, -0.2) is 0 Å². The number of anilines is 1. The van der Waals surface area contributed by atoms with Crippen molar-refractivity contribution < 1.29 is 4.74 Å². The fourth-order valence-corrected chi connectivity index (χ4v) is 1.85. The van der Waals surface area contributed by atoms with E-state index >= 15 is 0 Å². The van der Waals surface area contributed by atoms with E-state index in [2.05, 4.69) is 36.1 Å². The second kappa shape index (κ2) is 4.64. The van der Waals surface area contributed by atoms with Crippen molar-refractivity contribution >= 4 is 5.69 Å². The summed E-state index contributed by atoms with van der Waals surface area (Å²) in [6, 6.07) is 8.60. The molecule has 1 aliphatic heterocycles. The molecule has 1 aromatic carbocycles. The van der Waals surface area contributed by atoms with Gasteiger partial charge in [-0.15, -0.1) is 0 Å². The number of nitrogens with zero attached hydrogens (tertiary/aromatic N) is 1. The molecule has 1 unspecified atom stereocenters. The number of nitrogens with two attached hydrogens (primary N) is 1. The summed E-state index contributed by atoms with van der Waals surface area (Å²) in [7, 11) is 0. The van der Waals surface area contributed by atoms with E-state index in [1.54, 1.807) is 0 Å². The molecule has 0 saturated carbocycles. The van der Waals surface area contributed by atoms with Crippen LogP contribution in [0.15, 0.2) is 24.3 Å². The molecule has 2 rings (SSSR count). The lowest BCUT2D eigenvalue weighted by Crippen LogP contribution is -2.45. The third-order valence-electron chi connectivity index (χ3n) is 2.80. The molecule has 0 amide bonds. The molecule has 15 heavy (non-hydrogen) atoms. The molecule has 3 heteroatoms. The van der Waals surface area contributed by atoms with Gasteiger partial charge in [0.05, 0.1) is 12.7 Å². The van der Waals surface area contributed by atoms with Gasteiger partial charge in [0.2, 0.25) is 0 Å². The third kappa shape index (κ3) is 2.49. The van der Waals surface area contributed by atoms with Crippen LogP contribution in [0.5, 0.6) is 0 Å². The Bertz CT molecular complexity index is 310. The smallest absolute Gasteiger partial charge is 0.0872 e. The summed E-state index contributed by atoms with van der Waals surface area (Å²) in [6.45, 7) is 5.34. The maximum atomic E-state index is 5.62. The Morgan fingerprint density at radius 1 is 1.40 bits per heavy atom. The Hall–Kier alpha value is -1.06. The molecule has 1 atom stereocenters. The van der Waals surface area contributed by atoms with Gasteiger partial charge >= 0.3 is 0 Å². The highest BCUT2D eigenvalue weighted by molar-refractivity contribution is 5.47. The van der Waals surface area contributed by atoms with Crippen molar-refractivity contribution in [3.8, 4) is 0 Å². The first-order chi connectivity index (χ1) is 7.29. The quantitative estimate of drug-likeness (QED) is 0.789. The van der Waals surface area contributed by atoms with Crippen molar-refractivity contribution in [3.05, 3.63) is 29.8 Å². The summed E-state index contributed by atoms with van der Waals surface area (Å²) in [5.74, 6) is 0. The lowest BCUT2D eigenvalue weighted by molar-refractivity contribution is 0.0466. The van der Waals surface area contributed by atoms with Crippen LogP contribution in [-0.2, 0) is 4.74 Å². The van der Waals surface area contributed by atoms with E-state index < -0.39 is 0 Å². The minimum Gasteiger partial charge on any atom is -0.373 e. The average Bonchev–Trinajstić information content (AvgIpc) is 2.30. The van der Waals surface area contributed by atoms with Gasteiger partial charge < -0.3 is 15.4 Å². The van der Waals surface area contributed by atoms with E-state index in [-0.39, 0.29) is 6.10 Å². The minimum atomic E-state index is 0.181. The van der Waals surface area contributed by atoms with Crippen LogP contribution in [0.1, 0.15) is 5.56 Å². The van der Waals surface area contributed by atoms with Crippen molar-refractivity contribution in [2.24, 2.45) is 5.73 Å². The molecule has 82 valence electrons. The van der Waals surface area contributed by atoms with Gasteiger partial charge in [0.1, 0.15) is 0 Å². The molecule has 2 N–H and O–H groups in total. The van der Waals surface area contributed by atoms with Gasteiger partial charge in [0.25, 0.3) is 0 Å². The number of morpholine rings is 1. The zero-order chi connectivity index (χ0) is 10.7. The Labute approximate surface area is 90.8 Å². The van der Waals surface area contributed by atoms with Gasteiger partial charge in [0.15, 0.2) is 0 Å². The molecular formula is C12H18N2O. The number of hydrogen-bond acceptors (Lipinski definition) is 3. The first-order valence-corrected chi connectivity index (χ1v) is 5.43. The highest BCUT2D eigenvalue weighted by atomic mass is 16.5. The first-order valence-electron chi connectivity index (χ1n) is 5.43. The van der Waals surface area contributed by atoms with Crippen LogP contribution in [0, 0.1) is 6.92 Å². The van der Waals surface area contributed by atoms with Crippen LogP contribution in [0.3, 0.4) is 0 Å². The topological polar surface area (TPSA) is 38.5 Å². The number of rotatable bonds is 2. The summed E-state index contributed by atoms with van der Waals surface area (Å²) in [5, 5.41) is 0. The van der Waals surface area contributed by atoms with E-state index in [0.717, 1.165) is 19.7 Å². The zero-order valence-electron chi connectivity index (χ0n) is 9.15. The molecule has 0 aromatic heterocycles. The zero-order valence-corrected chi connectivity index (χ0v) is 9.15. The molecule has 0 spiro atoms. The molecule has 1 saturated heterocycles. The fourth-order valence-electron chi connectivity index (χ4n) is 1.85. The second-order valence-corrected chi connectivity index (χ2v) is 4.01. The summed E-state index contributed by atoms with van der Waals surface area (Å²) < 4.78 is 5.54. The number of hydrogen-bond donors (Lipinski definition) is 1. The highest BCUT2D eigenvalue weighted by Gasteiger charge is 2.18. The van der Waals surface area contributed by atoms with Crippen LogP contribution < -0.4 is 10.6 Å². The summed E-state index contributed by atoms with van der Waals surface area (Å²) in [5.41, 5.74) is 8.18. The van der Waals surface area contributed by atoms with Crippen LogP contribution >= 0.6 is 0 Å². The second-order valence-electron chi connectivity index (χ2n) is 4.01. The van der Waals surface area contributed by atoms with Crippen molar-refractivity contribution in [2.45, 2.75) is 13.0 Å². The molecule has 0 radical (unpaired) electrons. The molecule has 1 aliphatic rings. The first kappa shape index (κ1) is 10.5. The maximum absolute atomic E-state index is 5.62. The number of aryl methyl sites for hydroxylation is 1. The van der Waals surface area contributed by atoms with Crippen molar-refractivity contribution in [1.82, 2.24) is 0 Å². The van der Waals surface area contributed by atoms with E-state index in [1.165, 1.54) is 11.3 Å². The molecule has 1 aromatic rings. The van der Waals surface area contributed by atoms with Crippen molar-refractivity contribution in [2.75, 3.05) is 31.1 Å². The summed E-state index contributed by atoms with van der Waals surface area (Å²) in [4.78, 5) is 2.33. The minimum absolute atomic E-state index is 0.181. The summed E-state index contributed by atoms with van der Waals surface area (Å²) >= 11 is 0. The lowest BCUT2D eigenvalue weighted by atomic mass is 10.2. The third-order valence-corrected chi connectivity index (χ3v) is 2.80. The molecule has 3 nitrogen and oxygen atoms in total. The molecule has 0 aliphatic carbocycles. The van der Waals surface area contributed by atoms with Crippen molar-refractivity contribution in [3.63, 3.8) is 0 Å². The summed E-state index contributed by atoms with van der Waals surface area (Å²) in [6.07, 6.45) is 0.181. The lowest BCUT2D eigenvalue weighted by Gasteiger charge is -2.34. The van der Waals surface area contributed by atoms with Crippen LogP contribution in [-0.4, -0.2) is 32.3 Å². The van der Waals surface area contributed by atoms with E-state index in [1.807, 2.05) is 0 Å². The van der Waals surface area contributed by atoms with E-state index in [4.69, 9.17) is 10.5 Å². The number of ether oxygens (including phenoxy) is 1. The van der Waals surface area contributed by atoms with Gasteiger partial charge in [-0.1, -0.05) is 17.7 Å². The van der Waals surface area contributed by atoms with Crippen LogP contribution in [0.2, 0.25) is 0 Å². The monoisotopic (exact) mass is 206 g/mol. The molecule has 1 fully saturated rings. The fraction of sp³-hybridized carbons (Fsp3) is 0.500. The normalized spacial score (nSPS) is 21.7. The van der Waals surface area contributed by atoms with E-state index in [9.17, 15) is 0 Å². The molecule has 0 bridgehead atoms. The van der Waals surface area contributed by atoms with Gasteiger partial charge in [0, 0.05) is 25.3 Å². The average molecular weight is 206 g/mol. The SMILES string of the molecule is Cc1ccc(N2CCOC(CN)C2)cc1. The predicted molar refractivity (Wildman–Crippen MR) is 62.2 cm³/mol. The maximum Gasteiger partial charge on any atom is 0.0872 e. The molecule has 1 heterocycles. The van der Waals surface area contributed by atoms with Crippen LogP contribution in [0.25, 0.3) is 0 Å². The Kier molecular flexibility index (Phi) is 3.23. The predicted octanol–water partition coefficient (Wildman–Crippen LogP) is 1.16. The van der Waals surface area contributed by atoms with Gasteiger partial charge in [-0.05, 0) is 19.1 Å². The van der Waals surface area contributed by atoms with Gasteiger partial charge in [-0.2, -0.15) is 0 Å². The van der Waals surface area contributed by atoms with Crippen LogP contribution in [0.4, 0.5) is 5.69 Å². The van der Waals surface area contributed by atoms with Gasteiger partial charge in [-0.3, -0.25) is 0 Å². The van der Waals surface area contributed by atoms with Crippen molar-refractivity contribution in [1.29, 1.82) is 0 Å². The highest BCUT2D eigenvalue weighted by Crippen LogP contribution is 2.17. The Morgan fingerprint density at radius 2 is 2.13 bits per heavy atom. The standard InChI is InChI=1S/C12H18N2O/c1-10-2-4-11(5-3-10)14-6-7-15-12(8-13)9-14/h2-5,12H,6-9,13H2,1H3. The molecular weight excluding hydrogens is 188 g/mol. The Morgan fingerprint density at radius 3 is 2.80 bits per heavy atom. The largest absolute Gasteiger partial charge is 0.373 e. The number of benzene rings is 1.